The maximum absolute atomic E-state index is 12.5. The molecule has 0 saturated carbocycles. The zero-order chi connectivity index (χ0) is 22.5. The van der Waals surface area contributed by atoms with E-state index in [4.69, 9.17) is 9.47 Å². The number of hydrogen-bond acceptors (Lipinski definition) is 4. The molecule has 0 unspecified atom stereocenters. The lowest BCUT2D eigenvalue weighted by atomic mass is 9.90. The first-order chi connectivity index (χ1) is 15.6. The number of halogens is 1. The van der Waals surface area contributed by atoms with Crippen LogP contribution in [-0.4, -0.2) is 50.4 Å². The molecule has 4 nitrogen and oxygen atoms in total. The van der Waals surface area contributed by atoms with Gasteiger partial charge in [0, 0.05) is 19.6 Å². The number of rotatable bonds is 7. The number of fused-ring (bicyclic) bond motifs is 1. The van der Waals surface area contributed by atoms with Crippen LogP contribution in [0.5, 0.6) is 5.75 Å². The van der Waals surface area contributed by atoms with E-state index in [-0.39, 0.29) is 18.7 Å². The average molecular weight is 438 g/mol. The third-order valence-electron chi connectivity index (χ3n) is 6.52. The highest BCUT2D eigenvalue weighted by Gasteiger charge is 2.25. The first kappa shape index (κ1) is 22.5. The van der Waals surface area contributed by atoms with E-state index >= 15 is 0 Å². The molecule has 1 heterocycles. The number of hydrogen-bond donors (Lipinski definition) is 0. The van der Waals surface area contributed by atoms with Gasteiger partial charge in [-0.05, 0) is 85.1 Å². The number of allylic oxidation sites excluding steroid dienone is 1. The average Bonchev–Trinajstić information content (AvgIpc) is 3.15. The molecule has 2 aliphatic rings. The molecule has 0 radical (unpaired) electrons. The van der Waals surface area contributed by atoms with Crippen LogP contribution in [-0.2, 0) is 11.2 Å². The van der Waals surface area contributed by atoms with E-state index in [1.165, 1.54) is 29.4 Å². The Morgan fingerprint density at radius 3 is 2.91 bits per heavy atom. The number of alkyl halides is 1. The second-order valence-electron chi connectivity index (χ2n) is 8.67. The lowest BCUT2D eigenvalue weighted by molar-refractivity contribution is 0.0600. The molecule has 1 saturated heterocycles. The Morgan fingerprint density at radius 2 is 2.09 bits per heavy atom. The molecule has 170 valence electrons. The molecule has 0 bridgehead atoms. The molecule has 1 aliphatic carbocycles. The molecule has 0 amide bonds. The number of methoxy groups -OCH3 is 1. The lowest BCUT2D eigenvalue weighted by Gasteiger charge is -2.20. The first-order valence-corrected chi connectivity index (χ1v) is 11.6. The van der Waals surface area contributed by atoms with Crippen molar-refractivity contribution in [3.8, 4) is 5.75 Å². The van der Waals surface area contributed by atoms with Crippen LogP contribution in [0.3, 0.4) is 0 Å². The first-order valence-electron chi connectivity index (χ1n) is 11.6. The highest BCUT2D eigenvalue weighted by molar-refractivity contribution is 5.91. The molecule has 1 aliphatic heterocycles. The fourth-order valence-electron chi connectivity index (χ4n) is 4.81. The Bertz CT molecular complexity index is 1000. The van der Waals surface area contributed by atoms with Gasteiger partial charge in [0.1, 0.15) is 11.9 Å². The fraction of sp³-hybridized carbons (Fsp3) is 0.444. The number of likely N-dealkylation sites (tertiary alicyclic amines) is 1. The number of benzene rings is 2. The monoisotopic (exact) mass is 437 g/mol. The summed E-state index contributed by atoms with van der Waals surface area (Å²) in [6, 6.07) is 12.1. The highest BCUT2D eigenvalue weighted by Crippen LogP contribution is 2.36. The summed E-state index contributed by atoms with van der Waals surface area (Å²) in [5, 5.41) is 0. The van der Waals surface area contributed by atoms with Gasteiger partial charge in [0.25, 0.3) is 0 Å². The van der Waals surface area contributed by atoms with Crippen LogP contribution in [0.1, 0.15) is 58.3 Å². The van der Waals surface area contributed by atoms with Crippen LogP contribution in [0.4, 0.5) is 4.39 Å². The van der Waals surface area contributed by atoms with Crippen LogP contribution in [0.15, 0.2) is 42.5 Å². The summed E-state index contributed by atoms with van der Waals surface area (Å²) >= 11 is 0. The quantitative estimate of drug-likeness (QED) is 0.547. The van der Waals surface area contributed by atoms with Crippen molar-refractivity contribution < 1.29 is 18.7 Å². The highest BCUT2D eigenvalue weighted by atomic mass is 19.1. The molecule has 2 aromatic rings. The van der Waals surface area contributed by atoms with E-state index in [9.17, 15) is 9.18 Å². The zero-order valence-corrected chi connectivity index (χ0v) is 19.0. The van der Waals surface area contributed by atoms with Crippen molar-refractivity contribution in [3.05, 3.63) is 70.3 Å². The van der Waals surface area contributed by atoms with Crippen LogP contribution in [0.2, 0.25) is 0 Å². The molecule has 5 heteroatoms. The SMILES string of the molecule is COC(=O)c1ccc2c(c1)CCCC=C2c1cccc(O[C@@H]2CCN(CCCF)C2)c1C. The van der Waals surface area contributed by atoms with Gasteiger partial charge in [-0.2, -0.15) is 0 Å². The maximum atomic E-state index is 12.5. The minimum atomic E-state index is -0.300. The number of carbonyl (C=O) groups excluding carboxylic acids is 1. The van der Waals surface area contributed by atoms with Crippen molar-refractivity contribution in [2.75, 3.05) is 33.4 Å². The van der Waals surface area contributed by atoms with Crippen LogP contribution < -0.4 is 4.74 Å². The smallest absolute Gasteiger partial charge is 0.337 e. The van der Waals surface area contributed by atoms with E-state index in [2.05, 4.69) is 30.0 Å². The van der Waals surface area contributed by atoms with Crippen LogP contribution >= 0.6 is 0 Å². The van der Waals surface area contributed by atoms with Crippen molar-refractivity contribution >= 4 is 11.5 Å². The molecule has 32 heavy (non-hydrogen) atoms. The van der Waals surface area contributed by atoms with Crippen molar-refractivity contribution in [1.82, 2.24) is 4.90 Å². The third kappa shape index (κ3) is 4.88. The van der Waals surface area contributed by atoms with Crippen molar-refractivity contribution in [1.29, 1.82) is 0 Å². The molecule has 2 aromatic carbocycles. The lowest BCUT2D eigenvalue weighted by Crippen LogP contribution is -2.26. The van der Waals surface area contributed by atoms with Gasteiger partial charge in [0.2, 0.25) is 0 Å². The third-order valence-corrected chi connectivity index (χ3v) is 6.52. The fourth-order valence-corrected chi connectivity index (χ4v) is 4.81. The van der Waals surface area contributed by atoms with Crippen molar-refractivity contribution in [2.45, 2.75) is 45.1 Å². The van der Waals surface area contributed by atoms with E-state index < -0.39 is 0 Å². The van der Waals surface area contributed by atoms with Crippen LogP contribution in [0, 0.1) is 6.92 Å². The largest absolute Gasteiger partial charge is 0.489 e. The Labute approximate surface area is 190 Å². The van der Waals surface area contributed by atoms with Gasteiger partial charge >= 0.3 is 5.97 Å². The molecule has 4 rings (SSSR count). The Kier molecular flexibility index (Phi) is 7.26. The van der Waals surface area contributed by atoms with Crippen molar-refractivity contribution in [2.24, 2.45) is 0 Å². The Morgan fingerprint density at radius 1 is 1.22 bits per heavy atom. The summed E-state index contributed by atoms with van der Waals surface area (Å²) in [5.74, 6) is 0.615. The number of ether oxygens (including phenoxy) is 2. The molecular formula is C27H32FNO3. The summed E-state index contributed by atoms with van der Waals surface area (Å²) in [7, 11) is 1.42. The van der Waals surface area contributed by atoms with Gasteiger partial charge in [0.15, 0.2) is 0 Å². The van der Waals surface area contributed by atoms with Gasteiger partial charge < -0.3 is 9.47 Å². The standard InChI is InChI=1S/C27H32FNO3/c1-19-23(9-5-10-26(19)32-22-13-16-29(18-22)15-6-14-28)25-8-4-3-7-20-17-21(27(30)31-2)11-12-24(20)25/h5,8-12,17,22H,3-4,6-7,13-16,18H2,1-2H3/t22-/m1/s1. The molecular weight excluding hydrogens is 405 g/mol. The molecule has 0 spiro atoms. The minimum Gasteiger partial charge on any atom is -0.489 e. The second kappa shape index (κ2) is 10.3. The summed E-state index contributed by atoms with van der Waals surface area (Å²) in [6.45, 7) is 4.47. The summed E-state index contributed by atoms with van der Waals surface area (Å²) < 4.78 is 23.8. The predicted molar refractivity (Wildman–Crippen MR) is 125 cm³/mol. The molecule has 0 N–H and O–H groups in total. The molecule has 0 aromatic heterocycles. The normalized spacial score (nSPS) is 18.6. The van der Waals surface area contributed by atoms with Gasteiger partial charge in [0.05, 0.1) is 19.3 Å². The summed E-state index contributed by atoms with van der Waals surface area (Å²) in [4.78, 5) is 14.3. The predicted octanol–water partition coefficient (Wildman–Crippen LogP) is 5.36. The zero-order valence-electron chi connectivity index (χ0n) is 19.0. The number of esters is 1. The maximum Gasteiger partial charge on any atom is 0.337 e. The molecule has 1 fully saturated rings. The van der Waals surface area contributed by atoms with Crippen molar-refractivity contribution in [3.63, 3.8) is 0 Å². The molecule has 1 atom stereocenters. The number of aryl methyl sites for hydroxylation is 1. The van der Waals surface area contributed by atoms with E-state index in [1.54, 1.807) is 0 Å². The van der Waals surface area contributed by atoms with E-state index in [0.717, 1.165) is 56.6 Å². The van der Waals surface area contributed by atoms with E-state index in [1.807, 2.05) is 24.3 Å². The van der Waals surface area contributed by atoms with Gasteiger partial charge in [-0.3, -0.25) is 9.29 Å². The Hall–Kier alpha value is -2.66. The van der Waals surface area contributed by atoms with E-state index in [0.29, 0.717) is 12.0 Å². The van der Waals surface area contributed by atoms with Gasteiger partial charge in [-0.25, -0.2) is 4.79 Å². The number of nitrogens with zero attached hydrogens (tertiary/aromatic N) is 1. The Balaban J connectivity index is 1.58. The van der Waals surface area contributed by atoms with Gasteiger partial charge in [-0.1, -0.05) is 24.3 Å². The summed E-state index contributed by atoms with van der Waals surface area (Å²) in [6.07, 6.45) is 6.99. The minimum absolute atomic E-state index is 0.140. The van der Waals surface area contributed by atoms with Gasteiger partial charge in [-0.15, -0.1) is 0 Å². The van der Waals surface area contributed by atoms with Crippen LogP contribution in [0.25, 0.3) is 5.57 Å². The summed E-state index contributed by atoms with van der Waals surface area (Å²) in [5.41, 5.74) is 6.46. The topological polar surface area (TPSA) is 38.8 Å². The number of carbonyl (C=O) groups is 1. The second-order valence-corrected chi connectivity index (χ2v) is 8.67.